The third-order valence-electron chi connectivity index (χ3n) is 0.200. The van der Waals surface area contributed by atoms with Gasteiger partial charge in [-0.15, -0.1) is 0 Å². The smallest absolute Gasteiger partial charge is 0.790 e. The Kier molecular flexibility index (Phi) is 22.4. The quantitative estimate of drug-likeness (QED) is 0.373. The van der Waals surface area contributed by atoms with Gasteiger partial charge in [0.25, 0.3) is 0 Å². The summed E-state index contributed by atoms with van der Waals surface area (Å²) < 4.78 is 21.2. The van der Waals surface area contributed by atoms with E-state index in [0.717, 1.165) is 0 Å². The van der Waals surface area contributed by atoms with Gasteiger partial charge in [0.2, 0.25) is 0 Å². The van der Waals surface area contributed by atoms with Gasteiger partial charge in [0, 0.05) is 0 Å². The van der Waals surface area contributed by atoms with Gasteiger partial charge in [0.05, 0.1) is 15.6 Å². The van der Waals surface area contributed by atoms with Crippen LogP contribution in [0.2, 0.25) is 0 Å². The first-order valence-corrected chi connectivity index (χ1v) is 4.38. The summed E-state index contributed by atoms with van der Waals surface area (Å²) in [5.74, 6) is 0. The molecule has 0 rings (SSSR count). The van der Waals surface area contributed by atoms with Gasteiger partial charge in [-0.25, -0.2) is 0 Å². The molecular formula is H10CaN2O8P2. The number of quaternary nitrogens is 2. The van der Waals surface area contributed by atoms with E-state index in [-0.39, 0.29) is 55.5 Å². The van der Waals surface area contributed by atoms with Crippen molar-refractivity contribution in [1.29, 1.82) is 0 Å². The maximum atomic E-state index is 9.32. The van der Waals surface area contributed by atoms with Crippen LogP contribution in [0.4, 0.5) is 0 Å². The van der Waals surface area contributed by atoms with Gasteiger partial charge in [-0.3, -0.25) is 0 Å². The van der Waals surface area contributed by atoms with E-state index in [2.05, 4.69) is 4.31 Å². The molecule has 13 heavy (non-hydrogen) atoms. The summed E-state index contributed by atoms with van der Waals surface area (Å²) in [7, 11) is -11.4. The van der Waals surface area contributed by atoms with Crippen LogP contribution < -0.4 is 31.9 Å². The Labute approximate surface area is 104 Å². The van der Waals surface area contributed by atoms with Gasteiger partial charge in [0.1, 0.15) is 0 Å². The Morgan fingerprint density at radius 2 is 1.00 bits per heavy atom. The van der Waals surface area contributed by atoms with Crippen molar-refractivity contribution in [2.45, 2.75) is 0 Å². The number of hydrogen-bond acceptors (Lipinski definition) is 7. The summed E-state index contributed by atoms with van der Waals surface area (Å²) in [5.41, 5.74) is 0. The number of phosphoric acid groups is 2. The maximum Gasteiger partial charge on any atom is 2.00 e. The van der Waals surface area contributed by atoms with Crippen molar-refractivity contribution in [3.05, 3.63) is 0 Å². The van der Waals surface area contributed by atoms with Crippen molar-refractivity contribution in [2.24, 2.45) is 0 Å². The standard InChI is InChI=1S/Ca.2H3N.H4O7P2.H2O/c;;;1-8(2,3)7-9(4,5)6;/h;2*1H3;(H2,1,2,3)(H2,4,5,6);1H2/q+2;;;;/p-2. The molecule has 0 saturated carbocycles. The van der Waals surface area contributed by atoms with E-state index < -0.39 is 15.6 Å². The van der Waals surface area contributed by atoms with Crippen LogP contribution in [-0.4, -0.2) is 43.2 Å². The zero-order valence-electron chi connectivity index (χ0n) is 6.96. The first kappa shape index (κ1) is 29.3. The Morgan fingerprint density at radius 3 is 1.00 bits per heavy atom. The second-order valence-corrected chi connectivity index (χ2v) is 3.42. The van der Waals surface area contributed by atoms with Gasteiger partial charge >= 0.3 is 37.7 Å². The van der Waals surface area contributed by atoms with Gasteiger partial charge in [-0.1, -0.05) is 0 Å². The molecule has 10 N–H and O–H groups in total. The summed E-state index contributed by atoms with van der Waals surface area (Å²) in [5, 5.41) is 0. The topological polar surface area (TPSA) is 240 Å². The van der Waals surface area contributed by atoms with Crippen LogP contribution in [0.25, 0.3) is 0 Å². The minimum Gasteiger partial charge on any atom is -0.790 e. The van der Waals surface area contributed by atoms with E-state index in [1.165, 1.54) is 0 Å². The summed E-state index contributed by atoms with van der Waals surface area (Å²) in [6, 6.07) is 0. The predicted octanol–water partition coefficient (Wildman–Crippen LogP) is -3.79. The largest absolute Gasteiger partial charge is 2.00 e. The summed E-state index contributed by atoms with van der Waals surface area (Å²) in [6.45, 7) is 0. The molecule has 0 aliphatic carbocycles. The molecule has 0 aliphatic heterocycles. The van der Waals surface area contributed by atoms with Crippen LogP contribution in [0.3, 0.4) is 0 Å². The van der Waals surface area contributed by atoms with Crippen molar-refractivity contribution < 1.29 is 38.5 Å². The van der Waals surface area contributed by atoms with Gasteiger partial charge in [-0.2, -0.15) is 0 Å². The van der Waals surface area contributed by atoms with Crippen molar-refractivity contribution >= 4 is 53.4 Å². The van der Waals surface area contributed by atoms with Crippen molar-refractivity contribution in [3.63, 3.8) is 0 Å². The van der Waals surface area contributed by atoms with Crippen LogP contribution in [-0.2, 0) is 13.4 Å². The van der Waals surface area contributed by atoms with Crippen molar-refractivity contribution in [3.8, 4) is 0 Å². The summed E-state index contributed by atoms with van der Waals surface area (Å²) in [4.78, 5) is 37.3. The second-order valence-electron chi connectivity index (χ2n) is 0.976. The minimum absolute atomic E-state index is 0. The molecule has 0 amide bonds. The molecule has 0 aromatic carbocycles. The molecule has 80 valence electrons. The van der Waals surface area contributed by atoms with Crippen molar-refractivity contribution in [2.75, 3.05) is 0 Å². The zero-order chi connectivity index (χ0) is 7.71. The fourth-order valence-electron chi connectivity index (χ4n) is 0.122. The molecule has 0 aromatic heterocycles. The monoisotopic (exact) mass is 268 g/mol. The predicted molar refractivity (Wildman–Crippen MR) is 37.6 cm³/mol. The third-order valence-corrected chi connectivity index (χ3v) is 1.80. The molecule has 0 radical (unpaired) electrons. The molecule has 0 aliphatic rings. The first-order valence-electron chi connectivity index (χ1n) is 1.46. The Balaban J connectivity index is -0.0000000533. The van der Waals surface area contributed by atoms with Crippen LogP contribution in [0.15, 0.2) is 0 Å². The van der Waals surface area contributed by atoms with Gasteiger partial charge in [0.15, 0.2) is 0 Å². The normalized spacial score (nSPS) is 9.54. The number of hydrogen-bond donors (Lipinski definition) is 2. The van der Waals surface area contributed by atoms with E-state index in [9.17, 15) is 28.7 Å². The maximum absolute atomic E-state index is 9.32. The van der Waals surface area contributed by atoms with Crippen LogP contribution in [0.1, 0.15) is 0 Å². The van der Waals surface area contributed by atoms with Gasteiger partial charge in [-0.05, 0) is 0 Å². The Bertz CT molecular complexity index is 161. The van der Waals surface area contributed by atoms with E-state index in [0.29, 0.717) is 0 Å². The zero-order valence-corrected chi connectivity index (χ0v) is 11.0. The van der Waals surface area contributed by atoms with E-state index >= 15 is 0 Å². The molecule has 0 fully saturated rings. The van der Waals surface area contributed by atoms with Crippen LogP contribution in [0, 0.1) is 0 Å². The first-order chi connectivity index (χ1) is 3.71. The Hall–Kier alpha value is 1.40. The fourth-order valence-corrected chi connectivity index (χ4v) is 1.10. The van der Waals surface area contributed by atoms with E-state index in [4.69, 9.17) is 0 Å². The van der Waals surface area contributed by atoms with Crippen LogP contribution in [0.5, 0.6) is 0 Å². The molecule has 0 spiro atoms. The SMILES string of the molecule is O.O=P([O-])([O-])OP(=O)([O-])[O-].[Ca+2].[NH4+].[NH4+]. The van der Waals surface area contributed by atoms with Crippen LogP contribution >= 0.6 is 15.6 Å². The van der Waals surface area contributed by atoms with Gasteiger partial charge < -0.3 is 50.8 Å². The van der Waals surface area contributed by atoms with Crippen molar-refractivity contribution in [1.82, 2.24) is 12.3 Å². The molecule has 13 heteroatoms. The second kappa shape index (κ2) is 9.94. The molecule has 0 bridgehead atoms. The van der Waals surface area contributed by atoms with E-state index in [1.54, 1.807) is 0 Å². The summed E-state index contributed by atoms with van der Waals surface area (Å²) in [6.07, 6.45) is 0. The molecule has 10 nitrogen and oxygen atoms in total. The molecular weight excluding hydrogens is 258 g/mol. The Morgan fingerprint density at radius 1 is 0.846 bits per heavy atom. The number of rotatable bonds is 2. The molecule has 0 unspecified atom stereocenters. The summed E-state index contributed by atoms with van der Waals surface area (Å²) >= 11 is 0. The molecule has 0 atom stereocenters. The molecule has 0 aromatic rings. The molecule has 0 heterocycles. The fraction of sp³-hybridized carbons (Fsp3) is 0. The average molecular weight is 268 g/mol. The molecule has 0 saturated heterocycles. The van der Waals surface area contributed by atoms with E-state index in [1.807, 2.05) is 0 Å². The minimum atomic E-state index is -5.68. The average Bonchev–Trinajstić information content (AvgIpc) is 1.14. The third kappa shape index (κ3) is 31.8.